The van der Waals surface area contributed by atoms with Gasteiger partial charge in [0.1, 0.15) is 12.6 Å². The Kier molecular flexibility index (Phi) is 9.70. The summed E-state index contributed by atoms with van der Waals surface area (Å²) in [5.74, 6) is -0.472. The highest BCUT2D eigenvalue weighted by Crippen LogP contribution is 2.25. The molecule has 2 aromatic carbocycles. The molecule has 0 bridgehead atoms. The van der Waals surface area contributed by atoms with Crippen LogP contribution in [0.15, 0.2) is 46.9 Å². The topological polar surface area (TPSA) is 86.8 Å². The molecule has 0 unspecified atom stereocenters. The van der Waals surface area contributed by atoms with Gasteiger partial charge in [-0.3, -0.25) is 13.9 Å². The lowest BCUT2D eigenvalue weighted by Gasteiger charge is -2.32. The zero-order chi connectivity index (χ0) is 25.6. The number of aryl methyl sites for hydroxylation is 2. The highest BCUT2D eigenvalue weighted by Gasteiger charge is 2.30. The van der Waals surface area contributed by atoms with E-state index in [2.05, 4.69) is 21.2 Å². The molecule has 1 N–H and O–H groups in total. The monoisotopic (exact) mass is 551 g/mol. The molecule has 0 saturated heterocycles. The van der Waals surface area contributed by atoms with E-state index in [1.54, 1.807) is 25.1 Å². The number of nitrogens with zero attached hydrogens (tertiary/aromatic N) is 2. The van der Waals surface area contributed by atoms with Gasteiger partial charge in [-0.05, 0) is 61.6 Å². The highest BCUT2D eigenvalue weighted by molar-refractivity contribution is 9.10. The van der Waals surface area contributed by atoms with Gasteiger partial charge in [-0.2, -0.15) is 0 Å². The second-order valence-corrected chi connectivity index (χ2v) is 11.7. The van der Waals surface area contributed by atoms with Crippen LogP contribution in [0, 0.1) is 19.8 Å². The number of benzene rings is 2. The minimum absolute atomic E-state index is 0.193. The van der Waals surface area contributed by atoms with E-state index in [4.69, 9.17) is 0 Å². The van der Waals surface area contributed by atoms with Crippen molar-refractivity contribution in [2.75, 3.05) is 23.7 Å². The Morgan fingerprint density at radius 1 is 1.03 bits per heavy atom. The predicted octanol–water partition coefficient (Wildman–Crippen LogP) is 4.02. The van der Waals surface area contributed by atoms with Crippen molar-refractivity contribution in [3.05, 3.63) is 63.6 Å². The fourth-order valence-corrected chi connectivity index (χ4v) is 4.49. The molecular weight excluding hydrogens is 518 g/mol. The summed E-state index contributed by atoms with van der Waals surface area (Å²) in [5, 5.41) is 2.88. The second-order valence-electron chi connectivity index (χ2n) is 8.97. The van der Waals surface area contributed by atoms with E-state index in [-0.39, 0.29) is 18.4 Å². The first-order valence-corrected chi connectivity index (χ1v) is 13.8. The predicted molar refractivity (Wildman–Crippen MR) is 140 cm³/mol. The van der Waals surface area contributed by atoms with E-state index in [1.807, 2.05) is 52.0 Å². The first kappa shape index (κ1) is 27.9. The van der Waals surface area contributed by atoms with Crippen LogP contribution in [0.25, 0.3) is 0 Å². The van der Waals surface area contributed by atoms with Crippen molar-refractivity contribution in [2.45, 2.75) is 47.2 Å². The van der Waals surface area contributed by atoms with Gasteiger partial charge in [0.05, 0.1) is 11.9 Å². The maximum absolute atomic E-state index is 13.6. The molecule has 2 amide bonds. The maximum atomic E-state index is 13.6. The Labute approximate surface area is 211 Å². The van der Waals surface area contributed by atoms with Crippen molar-refractivity contribution in [3.63, 3.8) is 0 Å². The molecule has 0 aliphatic heterocycles. The first-order valence-electron chi connectivity index (χ1n) is 11.2. The van der Waals surface area contributed by atoms with Gasteiger partial charge in [0, 0.05) is 17.6 Å². The molecule has 1 atom stereocenters. The molecule has 0 saturated carbocycles. The van der Waals surface area contributed by atoms with E-state index >= 15 is 0 Å². The molecule has 0 aliphatic carbocycles. The van der Waals surface area contributed by atoms with E-state index < -0.39 is 28.5 Å². The Morgan fingerprint density at radius 2 is 1.68 bits per heavy atom. The van der Waals surface area contributed by atoms with E-state index in [1.165, 1.54) is 4.90 Å². The summed E-state index contributed by atoms with van der Waals surface area (Å²) in [6.07, 6.45) is 1.07. The van der Waals surface area contributed by atoms with Crippen molar-refractivity contribution in [2.24, 2.45) is 5.92 Å². The SMILES string of the molecule is Cc1cc(N(CC(=O)N(Cc2ccccc2C)[C@@H](C)C(=O)NCC(C)C)S(C)(=O)=O)ccc1Br. The fourth-order valence-electron chi connectivity index (χ4n) is 3.40. The maximum Gasteiger partial charge on any atom is 0.244 e. The smallest absolute Gasteiger partial charge is 0.244 e. The Hall–Kier alpha value is -2.39. The zero-order valence-corrected chi connectivity index (χ0v) is 23.0. The molecule has 0 aliphatic rings. The lowest BCUT2D eigenvalue weighted by atomic mass is 10.1. The second kappa shape index (κ2) is 11.8. The van der Waals surface area contributed by atoms with Gasteiger partial charge in [0.2, 0.25) is 21.8 Å². The quantitative estimate of drug-likeness (QED) is 0.483. The Bertz CT molecular complexity index is 1130. The van der Waals surface area contributed by atoms with Crippen LogP contribution < -0.4 is 9.62 Å². The molecule has 9 heteroatoms. The average molecular weight is 553 g/mol. The lowest BCUT2D eigenvalue weighted by Crippen LogP contribution is -2.51. The van der Waals surface area contributed by atoms with E-state index in [9.17, 15) is 18.0 Å². The van der Waals surface area contributed by atoms with Gasteiger partial charge >= 0.3 is 0 Å². The summed E-state index contributed by atoms with van der Waals surface area (Å²) in [7, 11) is -3.75. The van der Waals surface area contributed by atoms with Gasteiger partial charge in [-0.1, -0.05) is 54.0 Å². The van der Waals surface area contributed by atoms with E-state index in [0.717, 1.165) is 31.7 Å². The van der Waals surface area contributed by atoms with Crippen LogP contribution in [0.5, 0.6) is 0 Å². The minimum Gasteiger partial charge on any atom is -0.354 e. The number of nitrogens with one attached hydrogen (secondary N) is 1. The van der Waals surface area contributed by atoms with Crippen molar-refractivity contribution < 1.29 is 18.0 Å². The standard InChI is InChI=1S/C25H34BrN3O4S/c1-17(2)14-27-25(31)20(5)28(15-21-10-8-7-9-18(21)3)24(30)16-29(34(6,32)33)22-11-12-23(26)19(4)13-22/h7-13,17,20H,14-16H2,1-6H3,(H,27,31)/t20-/m0/s1. The number of rotatable bonds is 10. The number of halogens is 1. The molecule has 34 heavy (non-hydrogen) atoms. The van der Waals surface area contributed by atoms with Crippen LogP contribution >= 0.6 is 15.9 Å². The number of hydrogen-bond donors (Lipinski definition) is 1. The van der Waals surface area contributed by atoms with Crippen LogP contribution in [0.3, 0.4) is 0 Å². The van der Waals surface area contributed by atoms with Gasteiger partial charge in [0.15, 0.2) is 0 Å². The van der Waals surface area contributed by atoms with Gasteiger partial charge in [0.25, 0.3) is 0 Å². The lowest BCUT2D eigenvalue weighted by molar-refractivity contribution is -0.139. The zero-order valence-electron chi connectivity index (χ0n) is 20.6. The van der Waals surface area contributed by atoms with Crippen LogP contribution in [0.1, 0.15) is 37.5 Å². The van der Waals surface area contributed by atoms with Crippen molar-refractivity contribution in [1.29, 1.82) is 0 Å². The molecule has 0 fully saturated rings. The first-order chi connectivity index (χ1) is 15.8. The number of hydrogen-bond acceptors (Lipinski definition) is 4. The normalized spacial score (nSPS) is 12.4. The van der Waals surface area contributed by atoms with Gasteiger partial charge in [-0.15, -0.1) is 0 Å². The Balaban J connectivity index is 2.40. The third-order valence-corrected chi connectivity index (χ3v) is 7.59. The molecule has 7 nitrogen and oxygen atoms in total. The van der Waals surface area contributed by atoms with Crippen LogP contribution in [-0.4, -0.2) is 50.5 Å². The molecule has 0 aromatic heterocycles. The third kappa shape index (κ3) is 7.56. The number of anilines is 1. The van der Waals surface area contributed by atoms with E-state index in [0.29, 0.717) is 12.2 Å². The molecule has 186 valence electrons. The summed E-state index contributed by atoms with van der Waals surface area (Å²) < 4.78 is 27.2. The average Bonchev–Trinajstić information content (AvgIpc) is 2.75. The van der Waals surface area contributed by atoms with Crippen LogP contribution in [0.4, 0.5) is 5.69 Å². The largest absolute Gasteiger partial charge is 0.354 e. The van der Waals surface area contributed by atoms with Crippen LogP contribution in [0.2, 0.25) is 0 Å². The number of amides is 2. The summed E-state index contributed by atoms with van der Waals surface area (Å²) >= 11 is 3.42. The summed E-state index contributed by atoms with van der Waals surface area (Å²) in [6.45, 7) is 9.71. The summed E-state index contributed by atoms with van der Waals surface area (Å²) in [6, 6.07) is 12.0. The fraction of sp³-hybridized carbons (Fsp3) is 0.440. The highest BCUT2D eigenvalue weighted by atomic mass is 79.9. The molecule has 0 spiro atoms. The van der Waals surface area contributed by atoms with Crippen molar-refractivity contribution >= 4 is 43.5 Å². The molecular formula is C25H34BrN3O4S. The number of carbonyl (C=O) groups is 2. The summed E-state index contributed by atoms with van der Waals surface area (Å²) in [4.78, 5) is 27.9. The number of sulfonamides is 1. The molecule has 2 rings (SSSR count). The van der Waals surface area contributed by atoms with Gasteiger partial charge in [-0.25, -0.2) is 8.42 Å². The minimum atomic E-state index is -3.75. The van der Waals surface area contributed by atoms with Crippen molar-refractivity contribution in [3.8, 4) is 0 Å². The molecule has 2 aromatic rings. The third-order valence-electron chi connectivity index (χ3n) is 5.56. The molecule has 0 radical (unpaired) electrons. The van der Waals surface area contributed by atoms with Crippen molar-refractivity contribution in [1.82, 2.24) is 10.2 Å². The number of carbonyl (C=O) groups excluding carboxylic acids is 2. The van der Waals surface area contributed by atoms with Crippen LogP contribution in [-0.2, 0) is 26.2 Å². The van der Waals surface area contributed by atoms with Gasteiger partial charge < -0.3 is 10.2 Å². The summed E-state index contributed by atoms with van der Waals surface area (Å²) in [5.41, 5.74) is 3.12. The molecule has 0 heterocycles. The Morgan fingerprint density at radius 3 is 2.24 bits per heavy atom.